The lowest BCUT2D eigenvalue weighted by atomic mass is 10.2. The second-order valence-corrected chi connectivity index (χ2v) is 6.07. The Balaban J connectivity index is 2.08. The minimum absolute atomic E-state index is 0.0681. The van der Waals surface area contributed by atoms with Gasteiger partial charge in [-0.05, 0) is 26.8 Å². The maximum Gasteiger partial charge on any atom is 0.331 e. The van der Waals surface area contributed by atoms with Crippen LogP contribution in [0.15, 0.2) is 26.4 Å². The predicted molar refractivity (Wildman–Crippen MR) is 90.5 cm³/mol. The van der Waals surface area contributed by atoms with Crippen LogP contribution in [0.2, 0.25) is 0 Å². The third-order valence-electron chi connectivity index (χ3n) is 4.28. The summed E-state index contributed by atoms with van der Waals surface area (Å²) in [5.74, 6) is -6.79. The molecule has 1 unspecified atom stereocenters. The highest BCUT2D eigenvalue weighted by molar-refractivity contribution is 5.57. The number of nitrogens with zero attached hydrogens (tertiary/aromatic N) is 4. The minimum Gasteiger partial charge on any atom is -0.503 e. The molecule has 28 heavy (non-hydrogen) atoms. The molecule has 0 aliphatic heterocycles. The molecule has 1 aromatic carbocycles. The van der Waals surface area contributed by atoms with Crippen LogP contribution in [0.5, 0.6) is 5.75 Å². The average Bonchev–Trinajstić information content (AvgIpc) is 3.15. The van der Waals surface area contributed by atoms with Crippen molar-refractivity contribution in [2.24, 2.45) is 0 Å². The van der Waals surface area contributed by atoms with E-state index >= 15 is 0 Å². The van der Waals surface area contributed by atoms with Crippen molar-refractivity contribution in [1.82, 2.24) is 19.3 Å². The third kappa shape index (κ3) is 2.98. The first-order chi connectivity index (χ1) is 13.2. The maximum atomic E-state index is 14.0. The molecule has 1 atom stereocenters. The molecular formula is C17H15F3N4O4. The van der Waals surface area contributed by atoms with Crippen LogP contribution in [-0.4, -0.2) is 24.4 Å². The number of phenols is 1. The molecular weight excluding hydrogens is 381 g/mol. The normalized spacial score (nSPS) is 12.4. The lowest BCUT2D eigenvalue weighted by Crippen LogP contribution is -2.41. The molecule has 8 nitrogen and oxygen atoms in total. The monoisotopic (exact) mass is 396 g/mol. The number of phenolic OH excluding ortho intramolecular Hbond substituents is 1. The molecule has 0 aliphatic carbocycles. The van der Waals surface area contributed by atoms with Crippen LogP contribution in [0.1, 0.15) is 31.3 Å². The Hall–Kier alpha value is -3.37. The van der Waals surface area contributed by atoms with Gasteiger partial charge in [-0.1, -0.05) is 5.16 Å². The van der Waals surface area contributed by atoms with Gasteiger partial charge >= 0.3 is 5.69 Å². The SMILES string of the molecule is CCn1c(=O)c(C)cn(C(C)c2noc(-c3cc(F)c(F)c(O)c3F)n2)c1=O. The molecule has 0 saturated heterocycles. The number of hydrogen-bond donors (Lipinski definition) is 1. The molecule has 0 aliphatic rings. The Bertz CT molecular complexity index is 1180. The molecule has 0 fully saturated rings. The zero-order valence-electron chi connectivity index (χ0n) is 15.0. The lowest BCUT2D eigenvalue weighted by Gasteiger charge is -2.14. The Kier molecular flexibility index (Phi) is 4.84. The fourth-order valence-corrected chi connectivity index (χ4v) is 2.70. The van der Waals surface area contributed by atoms with E-state index in [-0.39, 0.29) is 12.4 Å². The highest BCUT2D eigenvalue weighted by Gasteiger charge is 2.25. The Labute approximate surface area is 155 Å². The van der Waals surface area contributed by atoms with Crippen LogP contribution in [0.3, 0.4) is 0 Å². The van der Waals surface area contributed by atoms with E-state index in [1.807, 2.05) is 0 Å². The van der Waals surface area contributed by atoms with Crippen molar-refractivity contribution in [1.29, 1.82) is 0 Å². The molecule has 0 saturated carbocycles. The largest absolute Gasteiger partial charge is 0.503 e. The highest BCUT2D eigenvalue weighted by atomic mass is 19.2. The summed E-state index contributed by atoms with van der Waals surface area (Å²) in [7, 11) is 0. The molecule has 3 rings (SSSR count). The Morgan fingerprint density at radius 2 is 1.93 bits per heavy atom. The number of aryl methyl sites for hydroxylation is 1. The van der Waals surface area contributed by atoms with E-state index < -0.39 is 51.9 Å². The van der Waals surface area contributed by atoms with Crippen LogP contribution in [0.4, 0.5) is 13.2 Å². The predicted octanol–water partition coefficient (Wildman–Crippen LogP) is 2.12. The van der Waals surface area contributed by atoms with Crippen molar-refractivity contribution in [3.63, 3.8) is 0 Å². The summed E-state index contributed by atoms with van der Waals surface area (Å²) >= 11 is 0. The number of halogens is 3. The smallest absolute Gasteiger partial charge is 0.331 e. The summed E-state index contributed by atoms with van der Waals surface area (Å²) < 4.78 is 47.9. The van der Waals surface area contributed by atoms with E-state index in [4.69, 9.17) is 4.52 Å². The van der Waals surface area contributed by atoms with Crippen molar-refractivity contribution < 1.29 is 22.8 Å². The molecule has 0 amide bonds. The maximum absolute atomic E-state index is 14.0. The Morgan fingerprint density at radius 3 is 2.57 bits per heavy atom. The van der Waals surface area contributed by atoms with Gasteiger partial charge in [0.25, 0.3) is 11.4 Å². The fraction of sp³-hybridized carbons (Fsp3) is 0.294. The van der Waals surface area contributed by atoms with E-state index in [0.717, 1.165) is 4.57 Å². The minimum atomic E-state index is -1.74. The topological polar surface area (TPSA) is 103 Å². The van der Waals surface area contributed by atoms with Gasteiger partial charge in [0.1, 0.15) is 0 Å². The zero-order chi connectivity index (χ0) is 20.7. The first kappa shape index (κ1) is 19.4. The molecule has 3 aromatic rings. The number of aromatic hydroxyl groups is 1. The highest BCUT2D eigenvalue weighted by Crippen LogP contribution is 2.32. The number of rotatable bonds is 4. The van der Waals surface area contributed by atoms with Crippen molar-refractivity contribution in [2.75, 3.05) is 0 Å². The van der Waals surface area contributed by atoms with Gasteiger partial charge in [-0.3, -0.25) is 13.9 Å². The molecule has 1 N–H and O–H groups in total. The van der Waals surface area contributed by atoms with Gasteiger partial charge in [0.15, 0.2) is 23.2 Å². The third-order valence-corrected chi connectivity index (χ3v) is 4.28. The van der Waals surface area contributed by atoms with E-state index in [9.17, 15) is 27.9 Å². The van der Waals surface area contributed by atoms with Crippen molar-refractivity contribution >= 4 is 0 Å². The van der Waals surface area contributed by atoms with Crippen LogP contribution < -0.4 is 11.2 Å². The van der Waals surface area contributed by atoms with E-state index in [1.165, 1.54) is 17.7 Å². The van der Waals surface area contributed by atoms with Gasteiger partial charge in [-0.15, -0.1) is 0 Å². The standard InChI is InChI=1S/C17H15F3N4O4/c1-4-23-16(26)7(2)6-24(17(23)27)8(3)14-21-15(28-22-14)9-5-10(18)12(20)13(25)11(9)19/h5-6,8,25H,4H2,1-3H3. The van der Waals surface area contributed by atoms with Gasteiger partial charge in [-0.2, -0.15) is 9.37 Å². The number of hydrogen-bond acceptors (Lipinski definition) is 6. The van der Waals surface area contributed by atoms with E-state index in [2.05, 4.69) is 10.1 Å². The summed E-state index contributed by atoms with van der Waals surface area (Å²) in [6.45, 7) is 4.88. The van der Waals surface area contributed by atoms with Gasteiger partial charge in [0, 0.05) is 18.3 Å². The van der Waals surface area contributed by atoms with Crippen LogP contribution >= 0.6 is 0 Å². The van der Waals surface area contributed by atoms with Crippen LogP contribution in [0.25, 0.3) is 11.5 Å². The van der Waals surface area contributed by atoms with E-state index in [1.54, 1.807) is 13.8 Å². The summed E-state index contributed by atoms with van der Waals surface area (Å²) in [6, 6.07) is -0.344. The first-order valence-electron chi connectivity index (χ1n) is 8.20. The van der Waals surface area contributed by atoms with Gasteiger partial charge < -0.3 is 9.63 Å². The fourth-order valence-electron chi connectivity index (χ4n) is 2.70. The molecule has 0 bridgehead atoms. The molecule has 11 heteroatoms. The Morgan fingerprint density at radius 1 is 1.25 bits per heavy atom. The number of benzene rings is 1. The van der Waals surface area contributed by atoms with Gasteiger partial charge in [0.2, 0.25) is 5.82 Å². The molecule has 0 radical (unpaired) electrons. The molecule has 2 aromatic heterocycles. The average molecular weight is 396 g/mol. The van der Waals surface area contributed by atoms with Gasteiger partial charge in [-0.25, -0.2) is 13.6 Å². The summed E-state index contributed by atoms with van der Waals surface area (Å²) in [6.07, 6.45) is 1.33. The molecule has 2 heterocycles. The van der Waals surface area contributed by atoms with Crippen molar-refractivity contribution in [3.8, 4) is 17.2 Å². The quantitative estimate of drug-likeness (QED) is 0.678. The second-order valence-electron chi connectivity index (χ2n) is 6.07. The van der Waals surface area contributed by atoms with E-state index in [0.29, 0.717) is 11.6 Å². The van der Waals surface area contributed by atoms with Crippen molar-refractivity contribution in [3.05, 3.63) is 61.9 Å². The summed E-state index contributed by atoms with van der Waals surface area (Å²) in [5, 5.41) is 13.0. The zero-order valence-corrected chi connectivity index (χ0v) is 15.0. The van der Waals surface area contributed by atoms with Crippen LogP contribution in [0, 0.1) is 24.4 Å². The second kappa shape index (κ2) is 6.98. The summed E-state index contributed by atoms with van der Waals surface area (Å²) in [5.41, 5.74) is -1.35. The molecule has 148 valence electrons. The lowest BCUT2D eigenvalue weighted by molar-refractivity contribution is 0.373. The van der Waals surface area contributed by atoms with Crippen molar-refractivity contribution in [2.45, 2.75) is 33.4 Å². The number of aromatic nitrogens is 4. The van der Waals surface area contributed by atoms with Crippen LogP contribution in [-0.2, 0) is 6.54 Å². The van der Waals surface area contributed by atoms with Gasteiger partial charge in [0.05, 0.1) is 11.6 Å². The molecule has 0 spiro atoms. The first-order valence-corrected chi connectivity index (χ1v) is 8.20. The summed E-state index contributed by atoms with van der Waals surface area (Å²) in [4.78, 5) is 28.4.